The molecule has 1 aromatic carbocycles. The lowest BCUT2D eigenvalue weighted by Gasteiger charge is -2.13. The molecule has 1 aliphatic rings. The fourth-order valence-electron chi connectivity index (χ4n) is 2.35. The Bertz CT molecular complexity index is 546. The van der Waals surface area contributed by atoms with Crippen LogP contribution in [0.2, 0.25) is 5.02 Å². The van der Waals surface area contributed by atoms with Gasteiger partial charge < -0.3 is 4.74 Å². The molecule has 1 fully saturated rings. The first kappa shape index (κ1) is 14.6. The summed E-state index contributed by atoms with van der Waals surface area (Å²) in [4.78, 5) is 4.53. The number of rotatable bonds is 2. The minimum Gasteiger partial charge on any atom is -0.488 e. The second-order valence-electron chi connectivity index (χ2n) is 4.51. The van der Waals surface area contributed by atoms with E-state index in [9.17, 15) is 0 Å². The first-order valence-electron chi connectivity index (χ1n) is 6.96. The fourth-order valence-corrected chi connectivity index (χ4v) is 3.51. The summed E-state index contributed by atoms with van der Waals surface area (Å²) in [6.07, 6.45) is 5.18. The van der Waals surface area contributed by atoms with E-state index in [0.29, 0.717) is 6.10 Å². The van der Waals surface area contributed by atoms with E-state index in [-0.39, 0.29) is 0 Å². The van der Waals surface area contributed by atoms with Crippen LogP contribution in [0.4, 0.5) is 0 Å². The number of benzene rings is 1. The smallest absolute Gasteiger partial charge is 0.148 e. The molecule has 104 valence electrons. The molecule has 0 spiro atoms. The second-order valence-corrected chi connectivity index (χ2v) is 6.18. The van der Waals surface area contributed by atoms with Crippen LogP contribution < -0.4 is 4.74 Å². The monoisotopic (exact) mass is 297 g/mol. The lowest BCUT2D eigenvalue weighted by molar-refractivity contribution is 0.212. The van der Waals surface area contributed by atoms with E-state index < -0.39 is 0 Å². The van der Waals surface area contributed by atoms with Gasteiger partial charge in [0.25, 0.3) is 0 Å². The molecular formula is C15H20ClNOS. The molecule has 4 heteroatoms. The predicted octanol–water partition coefficient (Wildman–Crippen LogP) is 5.61. The van der Waals surface area contributed by atoms with E-state index >= 15 is 0 Å². The summed E-state index contributed by atoms with van der Waals surface area (Å²) in [6.45, 7) is 6.01. The highest BCUT2D eigenvalue weighted by molar-refractivity contribution is 7.18. The third kappa shape index (κ3) is 3.40. The Morgan fingerprint density at radius 1 is 1.26 bits per heavy atom. The molecule has 0 saturated heterocycles. The van der Waals surface area contributed by atoms with Crippen molar-refractivity contribution in [1.29, 1.82) is 0 Å². The lowest BCUT2D eigenvalue weighted by atomic mass is 10.3. The summed E-state index contributed by atoms with van der Waals surface area (Å²) in [5.74, 6) is 0.851. The van der Waals surface area contributed by atoms with E-state index in [1.54, 1.807) is 11.3 Å². The van der Waals surface area contributed by atoms with Crippen LogP contribution in [-0.4, -0.2) is 11.1 Å². The normalized spacial score (nSPS) is 15.4. The second kappa shape index (κ2) is 6.58. The zero-order valence-corrected chi connectivity index (χ0v) is 13.3. The standard InChI is InChI=1S/C13H14ClNOS.C2H6/c1-8-15-13-11(16-10-4-2-3-5-10)6-9(14)7-12(13)17-8;1-2/h6-7,10H,2-5H2,1H3;1-2H3. The molecule has 0 amide bonds. The Morgan fingerprint density at radius 2 is 1.95 bits per heavy atom. The molecule has 0 aliphatic heterocycles. The molecule has 2 nitrogen and oxygen atoms in total. The van der Waals surface area contributed by atoms with Crippen LogP contribution in [0.1, 0.15) is 44.5 Å². The molecule has 0 bridgehead atoms. The quantitative estimate of drug-likeness (QED) is 0.719. The molecule has 1 aliphatic carbocycles. The van der Waals surface area contributed by atoms with Gasteiger partial charge in [0.1, 0.15) is 11.3 Å². The SMILES string of the molecule is CC.Cc1nc2c(OC3CCCC3)cc(Cl)cc2s1. The number of ether oxygens (including phenoxy) is 1. The molecule has 1 heterocycles. The first-order valence-corrected chi connectivity index (χ1v) is 8.15. The number of hydrogen-bond donors (Lipinski definition) is 0. The van der Waals surface area contributed by atoms with Gasteiger partial charge in [-0.25, -0.2) is 4.98 Å². The number of aromatic nitrogens is 1. The summed E-state index contributed by atoms with van der Waals surface area (Å²) in [5, 5.41) is 1.78. The van der Waals surface area contributed by atoms with Crippen molar-refractivity contribution in [2.45, 2.75) is 52.6 Å². The topological polar surface area (TPSA) is 22.1 Å². The van der Waals surface area contributed by atoms with Gasteiger partial charge in [0.2, 0.25) is 0 Å². The summed E-state index contributed by atoms with van der Waals surface area (Å²) < 4.78 is 7.16. The zero-order valence-electron chi connectivity index (χ0n) is 11.7. The van der Waals surface area contributed by atoms with Gasteiger partial charge in [-0.05, 0) is 38.7 Å². The molecule has 3 rings (SSSR count). The predicted molar refractivity (Wildman–Crippen MR) is 83.6 cm³/mol. The van der Waals surface area contributed by atoms with Gasteiger partial charge in [-0.2, -0.15) is 0 Å². The van der Waals surface area contributed by atoms with Gasteiger partial charge in [0, 0.05) is 11.1 Å². The number of halogens is 1. The third-order valence-corrected chi connectivity index (χ3v) is 4.26. The molecule has 0 radical (unpaired) electrons. The van der Waals surface area contributed by atoms with E-state index in [2.05, 4.69) is 4.98 Å². The van der Waals surface area contributed by atoms with Gasteiger partial charge in [-0.3, -0.25) is 0 Å². The van der Waals surface area contributed by atoms with E-state index in [1.165, 1.54) is 12.8 Å². The minimum absolute atomic E-state index is 0.346. The van der Waals surface area contributed by atoms with Crippen molar-refractivity contribution in [2.75, 3.05) is 0 Å². The Hall–Kier alpha value is -0.800. The number of hydrogen-bond acceptors (Lipinski definition) is 3. The van der Waals surface area contributed by atoms with Crippen molar-refractivity contribution in [1.82, 2.24) is 4.98 Å². The molecule has 1 aromatic heterocycles. The van der Waals surface area contributed by atoms with Crippen molar-refractivity contribution < 1.29 is 4.74 Å². The van der Waals surface area contributed by atoms with Crippen molar-refractivity contribution in [3.63, 3.8) is 0 Å². The zero-order chi connectivity index (χ0) is 13.8. The van der Waals surface area contributed by atoms with Crippen LogP contribution in [0.3, 0.4) is 0 Å². The minimum atomic E-state index is 0.346. The van der Waals surface area contributed by atoms with Crippen LogP contribution in [0.25, 0.3) is 10.2 Å². The van der Waals surface area contributed by atoms with Crippen LogP contribution in [0.5, 0.6) is 5.75 Å². The Morgan fingerprint density at radius 3 is 2.63 bits per heavy atom. The van der Waals surface area contributed by atoms with E-state index in [4.69, 9.17) is 16.3 Å². The maximum atomic E-state index is 6.12. The van der Waals surface area contributed by atoms with E-state index in [1.807, 2.05) is 32.9 Å². The maximum Gasteiger partial charge on any atom is 0.148 e. The molecule has 0 N–H and O–H groups in total. The van der Waals surface area contributed by atoms with Crippen molar-refractivity contribution in [3.8, 4) is 5.75 Å². The molecule has 1 saturated carbocycles. The number of thiazole rings is 1. The van der Waals surface area contributed by atoms with Crippen LogP contribution in [0, 0.1) is 6.92 Å². The average molecular weight is 298 g/mol. The highest BCUT2D eigenvalue weighted by Gasteiger charge is 2.19. The number of fused-ring (bicyclic) bond motifs is 1. The summed E-state index contributed by atoms with van der Waals surface area (Å²) in [6, 6.07) is 3.85. The lowest BCUT2D eigenvalue weighted by Crippen LogP contribution is -2.11. The summed E-state index contributed by atoms with van der Waals surface area (Å²) in [5.41, 5.74) is 0.962. The first-order chi connectivity index (χ1) is 9.22. The highest BCUT2D eigenvalue weighted by atomic mass is 35.5. The average Bonchev–Trinajstić information content (AvgIpc) is 3.00. The summed E-state index contributed by atoms with van der Waals surface area (Å²) >= 11 is 7.78. The van der Waals surface area contributed by atoms with Crippen LogP contribution in [0.15, 0.2) is 12.1 Å². The number of nitrogens with zero attached hydrogens (tertiary/aromatic N) is 1. The van der Waals surface area contributed by atoms with Crippen molar-refractivity contribution in [3.05, 3.63) is 22.2 Å². The van der Waals surface area contributed by atoms with Crippen LogP contribution in [-0.2, 0) is 0 Å². The Labute approximate surface area is 123 Å². The molecule has 19 heavy (non-hydrogen) atoms. The van der Waals surface area contributed by atoms with Gasteiger partial charge >= 0.3 is 0 Å². The van der Waals surface area contributed by atoms with Gasteiger partial charge in [0.15, 0.2) is 0 Å². The molecule has 0 atom stereocenters. The highest BCUT2D eigenvalue weighted by Crippen LogP contribution is 2.35. The molecule has 2 aromatic rings. The van der Waals surface area contributed by atoms with Gasteiger partial charge in [-0.15, -0.1) is 11.3 Å². The van der Waals surface area contributed by atoms with Gasteiger partial charge in [-0.1, -0.05) is 25.4 Å². The van der Waals surface area contributed by atoms with Crippen LogP contribution >= 0.6 is 22.9 Å². The summed E-state index contributed by atoms with van der Waals surface area (Å²) in [7, 11) is 0. The number of aryl methyl sites for hydroxylation is 1. The largest absolute Gasteiger partial charge is 0.488 e. The van der Waals surface area contributed by atoms with Gasteiger partial charge in [0.05, 0.1) is 15.8 Å². The van der Waals surface area contributed by atoms with E-state index in [0.717, 1.165) is 38.8 Å². The van der Waals surface area contributed by atoms with Crippen molar-refractivity contribution in [2.24, 2.45) is 0 Å². The fraction of sp³-hybridized carbons (Fsp3) is 0.533. The maximum absolute atomic E-state index is 6.12. The Kier molecular flexibility index (Phi) is 5.06. The third-order valence-electron chi connectivity index (χ3n) is 3.13. The molecule has 0 unspecified atom stereocenters. The molecular weight excluding hydrogens is 278 g/mol. The Balaban J connectivity index is 0.000000637. The van der Waals surface area contributed by atoms with Crippen molar-refractivity contribution >= 4 is 33.2 Å².